The zero-order valence-electron chi connectivity index (χ0n) is 22.1. The summed E-state index contributed by atoms with van der Waals surface area (Å²) in [6.07, 6.45) is 1.79. The number of ether oxygens (including phenoxy) is 2. The molecule has 0 N–H and O–H groups in total. The average molecular weight is 849 g/mol. The number of nitrogens with zero attached hydrogens (tertiary/aromatic N) is 2. The van der Waals surface area contributed by atoms with Gasteiger partial charge in [0.2, 0.25) is 0 Å². The van der Waals surface area contributed by atoms with Gasteiger partial charge in [-0.05, 0) is 118 Å². The topological polar surface area (TPSA) is 69.9 Å². The summed E-state index contributed by atoms with van der Waals surface area (Å²) in [7, 11) is 0. The number of aromatic nitrogens is 1. The molecule has 0 saturated carbocycles. The van der Waals surface area contributed by atoms with Crippen molar-refractivity contribution in [3.63, 3.8) is 0 Å². The molecule has 42 heavy (non-hydrogen) atoms. The van der Waals surface area contributed by atoms with E-state index in [9.17, 15) is 14.0 Å². The van der Waals surface area contributed by atoms with Gasteiger partial charge in [-0.1, -0.05) is 52.7 Å². The van der Waals surface area contributed by atoms with Crippen LogP contribution >= 0.6 is 79.7 Å². The Hall–Kier alpha value is -2.26. The van der Waals surface area contributed by atoms with E-state index in [0.717, 1.165) is 18.3 Å². The maximum atomic E-state index is 13.8. The van der Waals surface area contributed by atoms with Crippen LogP contribution in [0, 0.1) is 13.0 Å². The molecule has 0 bridgehead atoms. The van der Waals surface area contributed by atoms with Crippen LogP contribution in [-0.4, -0.2) is 17.1 Å². The summed E-state index contributed by atoms with van der Waals surface area (Å²) in [6, 6.07) is 14.2. The maximum Gasteiger partial charge on any atom is 0.338 e. The Labute approximate surface area is 281 Å². The maximum absolute atomic E-state index is 13.8. The highest BCUT2D eigenvalue weighted by Gasteiger charge is 2.33. The van der Waals surface area contributed by atoms with Crippen LogP contribution < -0.4 is 19.6 Å². The lowest BCUT2D eigenvalue weighted by Gasteiger charge is -2.24. The fourth-order valence-electron chi connectivity index (χ4n) is 4.49. The monoisotopic (exact) mass is 848 g/mol. The number of hydrogen-bond donors (Lipinski definition) is 0. The predicted octanol–water partition coefficient (Wildman–Crippen LogP) is 7.03. The van der Waals surface area contributed by atoms with Gasteiger partial charge in [-0.3, -0.25) is 9.36 Å². The molecule has 4 aromatic rings. The first-order valence-electron chi connectivity index (χ1n) is 12.6. The molecule has 0 fully saturated rings. The van der Waals surface area contributed by atoms with Crippen molar-refractivity contribution in [2.24, 2.45) is 4.99 Å². The zero-order chi connectivity index (χ0) is 30.1. The van der Waals surface area contributed by atoms with Crippen LogP contribution in [0.1, 0.15) is 36.6 Å². The number of thiazole rings is 1. The Morgan fingerprint density at radius 3 is 2.43 bits per heavy atom. The Morgan fingerprint density at radius 2 is 1.79 bits per heavy atom. The Bertz CT molecular complexity index is 1900. The van der Waals surface area contributed by atoms with Crippen molar-refractivity contribution in [3.8, 4) is 5.75 Å². The fraction of sp³-hybridized carbons (Fsp3) is 0.167. The molecule has 5 rings (SSSR count). The summed E-state index contributed by atoms with van der Waals surface area (Å²) in [6.45, 7) is 3.90. The van der Waals surface area contributed by atoms with Crippen LogP contribution in [0.15, 0.2) is 75.7 Å². The van der Waals surface area contributed by atoms with Crippen molar-refractivity contribution in [3.05, 3.63) is 125 Å². The van der Waals surface area contributed by atoms with Gasteiger partial charge in [-0.15, -0.1) is 0 Å². The number of esters is 1. The highest BCUT2D eigenvalue weighted by molar-refractivity contribution is 14.1. The summed E-state index contributed by atoms with van der Waals surface area (Å²) in [5, 5.41) is 0.945. The van der Waals surface area contributed by atoms with E-state index in [0.29, 0.717) is 43.0 Å². The molecule has 216 valence electrons. The van der Waals surface area contributed by atoms with Crippen molar-refractivity contribution < 1.29 is 18.7 Å². The number of halogens is 5. The lowest BCUT2D eigenvalue weighted by atomic mass is 9.96. The molecule has 3 aromatic carbocycles. The number of benzene rings is 3. The Morgan fingerprint density at radius 1 is 1.10 bits per heavy atom. The number of carbonyl (C=O) groups is 1. The number of allylic oxidation sites excluding steroid dienone is 1. The molecule has 0 saturated heterocycles. The summed E-state index contributed by atoms with van der Waals surface area (Å²) in [5.74, 6) is -0.270. The SMILES string of the molecule is CCOC(=O)C1=C(C)N=c2s/c(=C\c3cc(I)c(OCc4ccc(Cl)c(Cl)c4)c(I)c3)c(=O)n2C1c1ccc(F)cc1. The molecule has 1 aliphatic heterocycles. The Kier molecular flexibility index (Phi) is 9.77. The highest BCUT2D eigenvalue weighted by atomic mass is 127. The van der Waals surface area contributed by atoms with Gasteiger partial charge in [0.15, 0.2) is 4.80 Å². The minimum Gasteiger partial charge on any atom is -0.487 e. The molecular weight excluding hydrogens is 828 g/mol. The molecular formula is C30H21Cl2FI2N2O4S. The van der Waals surface area contributed by atoms with Gasteiger partial charge in [0.05, 0.1) is 45.6 Å². The first kappa shape index (κ1) is 31.2. The smallest absolute Gasteiger partial charge is 0.338 e. The van der Waals surface area contributed by atoms with E-state index < -0.39 is 17.8 Å². The molecule has 2 heterocycles. The van der Waals surface area contributed by atoms with Crippen LogP contribution in [0.25, 0.3) is 6.08 Å². The lowest BCUT2D eigenvalue weighted by molar-refractivity contribution is -0.139. The predicted molar refractivity (Wildman–Crippen MR) is 179 cm³/mol. The van der Waals surface area contributed by atoms with Crippen molar-refractivity contribution in [1.82, 2.24) is 4.57 Å². The number of rotatable bonds is 7. The third-order valence-electron chi connectivity index (χ3n) is 6.39. The van der Waals surface area contributed by atoms with Gasteiger partial charge in [0.25, 0.3) is 5.56 Å². The van der Waals surface area contributed by atoms with E-state index >= 15 is 0 Å². The largest absolute Gasteiger partial charge is 0.487 e. The number of carbonyl (C=O) groups excluding carboxylic acids is 1. The van der Waals surface area contributed by atoms with E-state index in [1.807, 2.05) is 18.2 Å². The minimum atomic E-state index is -0.805. The van der Waals surface area contributed by atoms with Crippen molar-refractivity contribution in [2.75, 3.05) is 6.61 Å². The molecule has 0 aliphatic carbocycles. The molecule has 1 aromatic heterocycles. The second-order valence-corrected chi connectivity index (χ2v) is 13.4. The normalized spacial score (nSPS) is 14.9. The average Bonchev–Trinajstić information content (AvgIpc) is 3.24. The van der Waals surface area contributed by atoms with Gasteiger partial charge < -0.3 is 9.47 Å². The summed E-state index contributed by atoms with van der Waals surface area (Å²) in [4.78, 5) is 31.9. The van der Waals surface area contributed by atoms with Gasteiger partial charge >= 0.3 is 5.97 Å². The lowest BCUT2D eigenvalue weighted by Crippen LogP contribution is -2.39. The molecule has 0 spiro atoms. The van der Waals surface area contributed by atoms with Gasteiger partial charge in [-0.25, -0.2) is 14.2 Å². The number of hydrogen-bond acceptors (Lipinski definition) is 6. The second-order valence-electron chi connectivity index (χ2n) is 9.20. The highest BCUT2D eigenvalue weighted by Crippen LogP contribution is 2.32. The standard InChI is InChI=1S/C30H21Cl2FI2N2O4S/c1-3-40-29(39)25-15(2)36-30-37(26(25)18-5-7-19(33)8-6-18)28(38)24(42-30)13-17-11-22(34)27(23(35)12-17)41-14-16-4-9-20(31)21(32)10-16/h4-13,26H,3,14H2,1-2H3/b24-13-. The van der Waals surface area contributed by atoms with Crippen LogP contribution in [-0.2, 0) is 16.1 Å². The number of fused-ring (bicyclic) bond motifs is 1. The summed E-state index contributed by atoms with van der Waals surface area (Å²) >= 11 is 17.8. The van der Waals surface area contributed by atoms with Crippen LogP contribution in [0.4, 0.5) is 4.39 Å². The summed E-state index contributed by atoms with van der Waals surface area (Å²) in [5.41, 5.74) is 2.64. The van der Waals surface area contributed by atoms with Crippen molar-refractivity contribution in [2.45, 2.75) is 26.5 Å². The van der Waals surface area contributed by atoms with Crippen LogP contribution in [0.5, 0.6) is 5.75 Å². The molecule has 6 nitrogen and oxygen atoms in total. The zero-order valence-corrected chi connectivity index (χ0v) is 28.7. The molecule has 1 unspecified atom stereocenters. The van der Waals surface area contributed by atoms with E-state index in [4.69, 9.17) is 32.7 Å². The quantitative estimate of drug-likeness (QED) is 0.148. The van der Waals surface area contributed by atoms with Crippen LogP contribution in [0.3, 0.4) is 0 Å². The first-order chi connectivity index (χ1) is 20.1. The molecule has 1 atom stereocenters. The van der Waals surface area contributed by atoms with Gasteiger partial charge in [0.1, 0.15) is 18.2 Å². The van der Waals surface area contributed by atoms with Crippen molar-refractivity contribution >= 4 is 91.8 Å². The molecule has 1 aliphatic rings. The minimum absolute atomic E-state index is 0.167. The second kappa shape index (κ2) is 13.2. The van der Waals surface area contributed by atoms with E-state index in [1.165, 1.54) is 28.0 Å². The van der Waals surface area contributed by atoms with E-state index in [-0.39, 0.29) is 17.7 Å². The van der Waals surface area contributed by atoms with Gasteiger partial charge in [0, 0.05) is 0 Å². The fourth-order valence-corrected chi connectivity index (χ4v) is 7.98. The first-order valence-corrected chi connectivity index (χ1v) is 16.3. The Balaban J connectivity index is 1.54. The summed E-state index contributed by atoms with van der Waals surface area (Å²) < 4.78 is 28.8. The third kappa shape index (κ3) is 6.47. The molecule has 0 amide bonds. The molecule has 12 heteroatoms. The van der Waals surface area contributed by atoms with Gasteiger partial charge in [-0.2, -0.15) is 0 Å². The van der Waals surface area contributed by atoms with E-state index in [2.05, 4.69) is 50.2 Å². The third-order valence-corrected chi connectivity index (χ3v) is 9.71. The van der Waals surface area contributed by atoms with E-state index in [1.54, 1.807) is 44.2 Å². The van der Waals surface area contributed by atoms with Crippen LogP contribution in [0.2, 0.25) is 10.0 Å². The van der Waals surface area contributed by atoms with Crippen molar-refractivity contribution in [1.29, 1.82) is 0 Å². The molecule has 0 radical (unpaired) electrons.